The minimum Gasteiger partial charge on any atom is -0.392 e. The van der Waals surface area contributed by atoms with Gasteiger partial charge < -0.3 is 15.5 Å². The number of thiophene rings is 1. The molecule has 3 N–H and O–H groups in total. The molecule has 0 saturated carbocycles. The zero-order valence-electron chi connectivity index (χ0n) is 10.0. The molecular weight excluding hydrogens is 246 g/mol. The van der Waals surface area contributed by atoms with Gasteiger partial charge in [0.25, 0.3) is 0 Å². The van der Waals surface area contributed by atoms with E-state index in [4.69, 9.17) is 5.11 Å². The number of nitrogens with one attached hydrogen (secondary N) is 1. The predicted octanol–water partition coefficient (Wildman–Crippen LogP) is 2.06. The molecule has 0 bridgehead atoms. The topological polar surface area (TPSA) is 52.5 Å². The van der Waals surface area contributed by atoms with Gasteiger partial charge in [0.15, 0.2) is 0 Å². The SMILES string of the molecule is OCc1cccc(CNCC(O)c2cccs2)c1. The first-order valence-corrected chi connectivity index (χ1v) is 6.78. The summed E-state index contributed by atoms with van der Waals surface area (Å²) in [6.45, 7) is 1.28. The molecule has 0 aliphatic carbocycles. The highest BCUT2D eigenvalue weighted by molar-refractivity contribution is 7.10. The lowest BCUT2D eigenvalue weighted by Crippen LogP contribution is -2.20. The first kappa shape index (κ1) is 13.2. The van der Waals surface area contributed by atoms with E-state index >= 15 is 0 Å². The zero-order chi connectivity index (χ0) is 12.8. The third-order valence-corrected chi connectivity index (χ3v) is 3.69. The van der Waals surface area contributed by atoms with E-state index in [9.17, 15) is 5.11 Å². The van der Waals surface area contributed by atoms with Crippen molar-refractivity contribution in [3.05, 3.63) is 57.8 Å². The Labute approximate surface area is 111 Å². The maximum atomic E-state index is 9.90. The molecule has 1 aromatic carbocycles. The van der Waals surface area contributed by atoms with Crippen molar-refractivity contribution >= 4 is 11.3 Å². The fourth-order valence-corrected chi connectivity index (χ4v) is 2.48. The standard InChI is InChI=1S/C14H17NO2S/c16-10-12-4-1-3-11(7-12)8-15-9-13(17)14-5-2-6-18-14/h1-7,13,15-17H,8-10H2. The third kappa shape index (κ3) is 3.65. The number of hydrogen-bond acceptors (Lipinski definition) is 4. The first-order chi connectivity index (χ1) is 8.79. The van der Waals surface area contributed by atoms with E-state index < -0.39 is 6.10 Å². The fraction of sp³-hybridized carbons (Fsp3) is 0.286. The largest absolute Gasteiger partial charge is 0.392 e. The van der Waals surface area contributed by atoms with Crippen molar-refractivity contribution in [1.29, 1.82) is 0 Å². The Morgan fingerprint density at radius 3 is 2.72 bits per heavy atom. The molecule has 0 radical (unpaired) electrons. The Hall–Kier alpha value is -1.20. The Morgan fingerprint density at radius 2 is 2.00 bits per heavy atom. The zero-order valence-corrected chi connectivity index (χ0v) is 10.9. The number of hydrogen-bond donors (Lipinski definition) is 3. The van der Waals surface area contributed by atoms with Crippen molar-refractivity contribution in [3.8, 4) is 0 Å². The van der Waals surface area contributed by atoms with E-state index in [1.54, 1.807) is 11.3 Å². The number of rotatable bonds is 6. The van der Waals surface area contributed by atoms with Crippen LogP contribution in [-0.4, -0.2) is 16.8 Å². The Balaban J connectivity index is 1.81. The molecule has 1 aromatic heterocycles. The van der Waals surface area contributed by atoms with Crippen LogP contribution in [0.4, 0.5) is 0 Å². The summed E-state index contributed by atoms with van der Waals surface area (Å²) in [7, 11) is 0. The lowest BCUT2D eigenvalue weighted by atomic mass is 10.1. The maximum absolute atomic E-state index is 9.90. The molecule has 1 atom stereocenters. The van der Waals surface area contributed by atoms with Crippen LogP contribution in [-0.2, 0) is 13.2 Å². The molecule has 96 valence electrons. The summed E-state index contributed by atoms with van der Waals surface area (Å²) in [5, 5.41) is 24.1. The molecule has 0 amide bonds. The van der Waals surface area contributed by atoms with Crippen LogP contribution in [0.3, 0.4) is 0 Å². The highest BCUT2D eigenvalue weighted by Crippen LogP contribution is 2.17. The van der Waals surface area contributed by atoms with E-state index in [0.29, 0.717) is 13.1 Å². The molecule has 0 fully saturated rings. The highest BCUT2D eigenvalue weighted by Gasteiger charge is 2.07. The van der Waals surface area contributed by atoms with Crippen LogP contribution < -0.4 is 5.32 Å². The maximum Gasteiger partial charge on any atom is 0.101 e. The lowest BCUT2D eigenvalue weighted by molar-refractivity contribution is 0.178. The molecule has 0 aliphatic heterocycles. The van der Waals surface area contributed by atoms with Gasteiger partial charge in [0.2, 0.25) is 0 Å². The summed E-state index contributed by atoms with van der Waals surface area (Å²) in [6, 6.07) is 11.7. The lowest BCUT2D eigenvalue weighted by Gasteiger charge is -2.10. The molecule has 1 heterocycles. The van der Waals surface area contributed by atoms with Crippen LogP contribution in [0.1, 0.15) is 22.1 Å². The molecule has 18 heavy (non-hydrogen) atoms. The van der Waals surface area contributed by atoms with E-state index in [1.807, 2.05) is 41.8 Å². The molecular formula is C14H17NO2S. The smallest absolute Gasteiger partial charge is 0.101 e. The van der Waals surface area contributed by atoms with Crippen LogP contribution in [0.5, 0.6) is 0 Å². The van der Waals surface area contributed by atoms with Crippen molar-refractivity contribution in [2.24, 2.45) is 0 Å². The quantitative estimate of drug-likeness (QED) is 0.748. The van der Waals surface area contributed by atoms with Crippen molar-refractivity contribution in [2.45, 2.75) is 19.3 Å². The van der Waals surface area contributed by atoms with Gasteiger partial charge in [0, 0.05) is 18.0 Å². The van der Waals surface area contributed by atoms with Gasteiger partial charge in [0.05, 0.1) is 6.61 Å². The molecule has 3 nitrogen and oxygen atoms in total. The van der Waals surface area contributed by atoms with Crippen molar-refractivity contribution < 1.29 is 10.2 Å². The number of aliphatic hydroxyl groups excluding tert-OH is 2. The van der Waals surface area contributed by atoms with E-state index in [-0.39, 0.29) is 6.61 Å². The van der Waals surface area contributed by atoms with Gasteiger partial charge in [-0.1, -0.05) is 30.3 Å². The second kappa shape index (κ2) is 6.66. The van der Waals surface area contributed by atoms with Gasteiger partial charge in [-0.3, -0.25) is 0 Å². The van der Waals surface area contributed by atoms with Gasteiger partial charge in [-0.05, 0) is 22.6 Å². The minimum absolute atomic E-state index is 0.0612. The first-order valence-electron chi connectivity index (χ1n) is 5.90. The monoisotopic (exact) mass is 263 g/mol. The van der Waals surface area contributed by atoms with Crippen molar-refractivity contribution in [2.75, 3.05) is 6.54 Å². The number of benzene rings is 1. The van der Waals surface area contributed by atoms with Crippen LogP contribution >= 0.6 is 11.3 Å². The molecule has 2 aromatic rings. The van der Waals surface area contributed by atoms with Crippen LogP contribution in [0, 0.1) is 0 Å². The second-order valence-corrected chi connectivity index (χ2v) is 5.12. The van der Waals surface area contributed by atoms with Crippen LogP contribution in [0.25, 0.3) is 0 Å². The Morgan fingerprint density at radius 1 is 1.17 bits per heavy atom. The van der Waals surface area contributed by atoms with Crippen molar-refractivity contribution in [1.82, 2.24) is 5.32 Å². The Kier molecular flexibility index (Phi) is 4.90. The molecule has 2 rings (SSSR count). The van der Waals surface area contributed by atoms with E-state index in [2.05, 4.69) is 5.32 Å². The minimum atomic E-state index is -0.453. The molecule has 0 saturated heterocycles. The van der Waals surface area contributed by atoms with E-state index in [0.717, 1.165) is 16.0 Å². The van der Waals surface area contributed by atoms with Crippen molar-refractivity contribution in [3.63, 3.8) is 0 Å². The molecule has 0 spiro atoms. The molecule has 4 heteroatoms. The van der Waals surface area contributed by atoms with Gasteiger partial charge >= 0.3 is 0 Å². The van der Waals surface area contributed by atoms with Crippen LogP contribution in [0.15, 0.2) is 41.8 Å². The Bertz CT molecular complexity index is 470. The second-order valence-electron chi connectivity index (χ2n) is 4.14. The van der Waals surface area contributed by atoms with Crippen LogP contribution in [0.2, 0.25) is 0 Å². The third-order valence-electron chi connectivity index (χ3n) is 2.71. The summed E-state index contributed by atoms with van der Waals surface area (Å²) >= 11 is 1.56. The normalized spacial score (nSPS) is 12.6. The molecule has 0 aliphatic rings. The predicted molar refractivity (Wildman–Crippen MR) is 73.4 cm³/mol. The summed E-state index contributed by atoms with van der Waals surface area (Å²) in [5.41, 5.74) is 2.02. The average molecular weight is 263 g/mol. The van der Waals surface area contributed by atoms with Gasteiger partial charge in [-0.2, -0.15) is 0 Å². The van der Waals surface area contributed by atoms with E-state index in [1.165, 1.54) is 0 Å². The highest BCUT2D eigenvalue weighted by atomic mass is 32.1. The summed E-state index contributed by atoms with van der Waals surface area (Å²) in [5.74, 6) is 0. The fourth-order valence-electron chi connectivity index (χ4n) is 1.77. The summed E-state index contributed by atoms with van der Waals surface area (Å²) in [6.07, 6.45) is -0.453. The molecule has 1 unspecified atom stereocenters. The summed E-state index contributed by atoms with van der Waals surface area (Å²) < 4.78 is 0. The van der Waals surface area contributed by atoms with Gasteiger partial charge in [-0.25, -0.2) is 0 Å². The van der Waals surface area contributed by atoms with Gasteiger partial charge in [0.1, 0.15) is 6.10 Å². The van der Waals surface area contributed by atoms with Gasteiger partial charge in [-0.15, -0.1) is 11.3 Å². The average Bonchev–Trinajstić information content (AvgIpc) is 2.93. The summed E-state index contributed by atoms with van der Waals surface area (Å²) in [4.78, 5) is 0.978. The number of aliphatic hydroxyl groups is 2.